The van der Waals surface area contributed by atoms with Crippen molar-refractivity contribution in [2.45, 2.75) is 39.0 Å². The number of nitrogens with one attached hydrogen (secondary N) is 2. The molecule has 1 heterocycles. The number of Topliss-reactive ketones (excluding diaryl/α,β-unsaturated/α-hetero) is 1. The molecular formula is C26H28N2O10. The zero-order valence-corrected chi connectivity index (χ0v) is 20.7. The third-order valence-electron chi connectivity index (χ3n) is 5.45. The standard InChI is InChI=1S/C26H28N2O10/c1-15(29)19-13-18-23(38-26(35)28-12-5-4-9-20(30)31)16-7-2-3-8-17(16)24(25(18)36-19)37-22(34)10-6-11-27-14-21(32)33/h2-3,7-8,13,27H,4-6,9-12,14H2,1H3,(H,28,35)(H,30,31)(H,32,33). The second-order valence-electron chi connectivity index (χ2n) is 8.43. The average molecular weight is 529 g/mol. The van der Waals surface area contributed by atoms with Gasteiger partial charge in [0.15, 0.2) is 28.6 Å². The van der Waals surface area contributed by atoms with Gasteiger partial charge in [-0.3, -0.25) is 19.2 Å². The predicted octanol–water partition coefficient (Wildman–Crippen LogP) is 3.49. The molecule has 1 amide bonds. The fraction of sp³-hybridized carbons (Fsp3) is 0.346. The smallest absolute Gasteiger partial charge is 0.412 e. The number of hydrogen-bond donors (Lipinski definition) is 4. The highest BCUT2D eigenvalue weighted by atomic mass is 16.6. The first-order chi connectivity index (χ1) is 18.2. The maximum absolute atomic E-state index is 12.6. The summed E-state index contributed by atoms with van der Waals surface area (Å²) in [5.74, 6) is -2.76. The van der Waals surface area contributed by atoms with Gasteiger partial charge in [-0.05, 0) is 31.9 Å². The van der Waals surface area contributed by atoms with Crippen LogP contribution >= 0.6 is 0 Å². The predicted molar refractivity (Wildman–Crippen MR) is 135 cm³/mol. The van der Waals surface area contributed by atoms with E-state index in [9.17, 15) is 24.0 Å². The van der Waals surface area contributed by atoms with E-state index in [2.05, 4.69) is 10.6 Å². The van der Waals surface area contributed by atoms with Crippen molar-refractivity contribution in [3.8, 4) is 11.5 Å². The van der Waals surface area contributed by atoms with Crippen LogP contribution in [-0.4, -0.2) is 59.6 Å². The number of carbonyl (C=O) groups is 5. The van der Waals surface area contributed by atoms with Gasteiger partial charge in [-0.25, -0.2) is 4.79 Å². The largest absolute Gasteiger partial charge is 0.481 e. The Bertz CT molecular complexity index is 1270. The first-order valence-corrected chi connectivity index (χ1v) is 12.0. The van der Waals surface area contributed by atoms with E-state index in [-0.39, 0.29) is 59.9 Å². The molecule has 0 atom stereocenters. The number of carboxylic acid groups (broad SMARTS) is 2. The molecule has 0 unspecified atom stereocenters. The molecule has 0 aliphatic carbocycles. The van der Waals surface area contributed by atoms with Crippen LogP contribution in [0.1, 0.15) is 49.6 Å². The lowest BCUT2D eigenvalue weighted by molar-refractivity contribution is -0.137. The maximum Gasteiger partial charge on any atom is 0.412 e. The highest BCUT2D eigenvalue weighted by Gasteiger charge is 2.24. The molecule has 0 aliphatic rings. The molecule has 0 spiro atoms. The van der Waals surface area contributed by atoms with Crippen LogP contribution in [-0.2, 0) is 14.4 Å². The molecule has 12 heteroatoms. The topological polar surface area (TPSA) is 181 Å². The van der Waals surface area contributed by atoms with Gasteiger partial charge in [0.1, 0.15) is 0 Å². The molecule has 0 bridgehead atoms. The zero-order chi connectivity index (χ0) is 27.7. The Morgan fingerprint density at radius 1 is 0.842 bits per heavy atom. The number of carboxylic acids is 2. The molecule has 1 aromatic heterocycles. The minimum atomic E-state index is -1.00. The fourth-order valence-electron chi connectivity index (χ4n) is 3.70. The molecule has 2 aromatic carbocycles. The van der Waals surface area contributed by atoms with Gasteiger partial charge in [0.25, 0.3) is 0 Å². The van der Waals surface area contributed by atoms with Gasteiger partial charge in [0.05, 0.1) is 11.9 Å². The number of furan rings is 1. The summed E-state index contributed by atoms with van der Waals surface area (Å²) >= 11 is 0. The number of amides is 1. The lowest BCUT2D eigenvalue weighted by atomic mass is 10.0. The number of ether oxygens (including phenoxy) is 2. The summed E-state index contributed by atoms with van der Waals surface area (Å²) in [7, 11) is 0. The highest BCUT2D eigenvalue weighted by molar-refractivity contribution is 6.12. The molecular weight excluding hydrogens is 500 g/mol. The highest BCUT2D eigenvalue weighted by Crippen LogP contribution is 2.44. The Morgan fingerprint density at radius 3 is 2.21 bits per heavy atom. The third kappa shape index (κ3) is 7.53. The number of rotatable bonds is 14. The van der Waals surface area contributed by atoms with E-state index in [0.717, 1.165) is 0 Å². The monoisotopic (exact) mass is 528 g/mol. The van der Waals surface area contributed by atoms with E-state index < -0.39 is 24.0 Å². The number of esters is 1. The molecule has 3 aromatic rings. The normalized spacial score (nSPS) is 10.9. The summed E-state index contributed by atoms with van der Waals surface area (Å²) in [5, 5.41) is 23.7. The number of fused-ring (bicyclic) bond motifs is 2. The molecule has 0 aliphatic heterocycles. The second-order valence-corrected chi connectivity index (χ2v) is 8.43. The van der Waals surface area contributed by atoms with Gasteiger partial charge in [-0.15, -0.1) is 0 Å². The number of aliphatic carboxylic acids is 2. The number of carbonyl (C=O) groups excluding carboxylic acids is 3. The van der Waals surface area contributed by atoms with E-state index in [1.807, 2.05) is 0 Å². The van der Waals surface area contributed by atoms with Crippen molar-refractivity contribution in [2.75, 3.05) is 19.6 Å². The zero-order valence-electron chi connectivity index (χ0n) is 20.7. The van der Waals surface area contributed by atoms with Crippen LogP contribution in [0.15, 0.2) is 34.7 Å². The summed E-state index contributed by atoms with van der Waals surface area (Å²) in [6.45, 7) is 1.58. The summed E-state index contributed by atoms with van der Waals surface area (Å²) in [4.78, 5) is 58.4. The van der Waals surface area contributed by atoms with Crippen LogP contribution in [0.4, 0.5) is 4.79 Å². The van der Waals surface area contributed by atoms with Crippen LogP contribution in [0.3, 0.4) is 0 Å². The van der Waals surface area contributed by atoms with Gasteiger partial charge < -0.3 is 34.7 Å². The first kappa shape index (κ1) is 28.1. The van der Waals surface area contributed by atoms with Gasteiger partial charge in [-0.2, -0.15) is 0 Å². The number of unbranched alkanes of at least 4 members (excludes halogenated alkanes) is 1. The number of hydrogen-bond acceptors (Lipinski definition) is 9. The van der Waals surface area contributed by atoms with Gasteiger partial charge in [0.2, 0.25) is 0 Å². The Morgan fingerprint density at radius 2 is 1.55 bits per heavy atom. The lowest BCUT2D eigenvalue weighted by Crippen LogP contribution is -2.28. The van der Waals surface area contributed by atoms with E-state index in [4.69, 9.17) is 24.1 Å². The lowest BCUT2D eigenvalue weighted by Gasteiger charge is -2.14. The summed E-state index contributed by atoms with van der Waals surface area (Å²) in [6, 6.07) is 8.13. The average Bonchev–Trinajstić information content (AvgIpc) is 3.31. The molecule has 12 nitrogen and oxygen atoms in total. The van der Waals surface area contributed by atoms with Crippen molar-refractivity contribution < 1.29 is 48.1 Å². The van der Waals surface area contributed by atoms with Crippen molar-refractivity contribution in [3.63, 3.8) is 0 Å². The Kier molecular flexibility index (Phi) is 9.77. The van der Waals surface area contributed by atoms with Crippen molar-refractivity contribution in [1.82, 2.24) is 10.6 Å². The summed E-state index contributed by atoms with van der Waals surface area (Å²) in [6.07, 6.45) is 0.365. The van der Waals surface area contributed by atoms with E-state index in [0.29, 0.717) is 36.6 Å². The number of ketones is 1. The second kappa shape index (κ2) is 13.2. The van der Waals surface area contributed by atoms with Gasteiger partial charge in [0, 0.05) is 37.1 Å². The molecule has 202 valence electrons. The van der Waals surface area contributed by atoms with Crippen LogP contribution in [0.5, 0.6) is 11.5 Å². The maximum atomic E-state index is 12.6. The van der Waals surface area contributed by atoms with Crippen molar-refractivity contribution in [2.24, 2.45) is 0 Å². The molecule has 0 saturated heterocycles. The Labute approximate surface area is 216 Å². The molecule has 0 saturated carbocycles. The molecule has 4 N–H and O–H groups in total. The van der Waals surface area contributed by atoms with Crippen LogP contribution < -0.4 is 20.1 Å². The number of benzene rings is 2. The fourth-order valence-corrected chi connectivity index (χ4v) is 3.70. The quantitative estimate of drug-likeness (QED) is 0.104. The molecule has 0 radical (unpaired) electrons. The summed E-state index contributed by atoms with van der Waals surface area (Å²) in [5.41, 5.74) is 0.0514. The van der Waals surface area contributed by atoms with Crippen molar-refractivity contribution >= 4 is 51.5 Å². The van der Waals surface area contributed by atoms with E-state index in [1.165, 1.54) is 13.0 Å². The van der Waals surface area contributed by atoms with Crippen LogP contribution in [0, 0.1) is 0 Å². The van der Waals surface area contributed by atoms with Crippen LogP contribution in [0.25, 0.3) is 21.7 Å². The molecule has 3 rings (SSSR count). The SMILES string of the molecule is CC(=O)c1cc2c(OC(=O)NCCCCC(=O)O)c3ccccc3c(OC(=O)CCCNCC(=O)O)c2o1. The Balaban J connectivity index is 1.87. The van der Waals surface area contributed by atoms with E-state index in [1.54, 1.807) is 24.3 Å². The Hall–Kier alpha value is -4.45. The van der Waals surface area contributed by atoms with Gasteiger partial charge in [-0.1, -0.05) is 24.3 Å². The van der Waals surface area contributed by atoms with E-state index >= 15 is 0 Å². The minimum Gasteiger partial charge on any atom is -0.481 e. The molecule has 0 fully saturated rings. The first-order valence-electron chi connectivity index (χ1n) is 12.0. The third-order valence-corrected chi connectivity index (χ3v) is 5.45. The van der Waals surface area contributed by atoms with Crippen molar-refractivity contribution in [3.05, 3.63) is 36.1 Å². The van der Waals surface area contributed by atoms with Crippen LogP contribution in [0.2, 0.25) is 0 Å². The molecule has 38 heavy (non-hydrogen) atoms. The minimum absolute atomic E-state index is 0.00868. The van der Waals surface area contributed by atoms with Gasteiger partial charge >= 0.3 is 24.0 Å². The summed E-state index contributed by atoms with van der Waals surface area (Å²) < 4.78 is 17.0. The van der Waals surface area contributed by atoms with Crippen molar-refractivity contribution in [1.29, 1.82) is 0 Å².